The van der Waals surface area contributed by atoms with E-state index in [4.69, 9.17) is 13.8 Å². The molecule has 8 aromatic carbocycles. The molecule has 0 bridgehead atoms. The van der Waals surface area contributed by atoms with Crippen molar-refractivity contribution in [1.29, 1.82) is 0 Å². The van der Waals surface area contributed by atoms with Gasteiger partial charge in [0, 0.05) is 33.8 Å². The van der Waals surface area contributed by atoms with Gasteiger partial charge in [-0.3, -0.25) is 0 Å². The standard InChI is InChI=1S/C47H30N2O2/c1-3-10-31(11-4-1)33-20-24-38(25-21-33)49(39-26-22-34(23-27-39)37-19-18-32-12-7-8-15-36(32)28-37)43-17-9-16-40-41-29-45-42(30-44(41)50-46(40)43)48-47(51-45)35-13-5-2-6-14-35/h1-30H. The number of hydrogen-bond donors (Lipinski definition) is 0. The third-order valence-corrected chi connectivity index (χ3v) is 9.69. The number of furan rings is 1. The molecule has 0 amide bonds. The van der Waals surface area contributed by atoms with Crippen LogP contribution in [-0.4, -0.2) is 4.98 Å². The van der Waals surface area contributed by atoms with Gasteiger partial charge in [0.05, 0.1) is 5.69 Å². The van der Waals surface area contributed by atoms with Crippen molar-refractivity contribution in [3.8, 4) is 33.7 Å². The molecule has 0 N–H and O–H groups in total. The Bertz CT molecular complexity index is 2840. The van der Waals surface area contributed by atoms with Crippen LogP contribution in [0.4, 0.5) is 17.1 Å². The minimum absolute atomic E-state index is 0.598. The molecule has 0 saturated heterocycles. The first-order valence-electron chi connectivity index (χ1n) is 17.1. The Morgan fingerprint density at radius 3 is 1.73 bits per heavy atom. The number of aromatic nitrogens is 1. The molecule has 0 aliphatic heterocycles. The van der Waals surface area contributed by atoms with Gasteiger partial charge in [-0.25, -0.2) is 4.98 Å². The molecule has 0 spiro atoms. The lowest BCUT2D eigenvalue weighted by atomic mass is 10.0. The van der Waals surface area contributed by atoms with E-state index in [1.165, 1.54) is 21.9 Å². The van der Waals surface area contributed by atoms with Crippen LogP contribution in [0.5, 0.6) is 0 Å². The van der Waals surface area contributed by atoms with E-state index in [2.05, 4.69) is 144 Å². The number of anilines is 3. The molecule has 0 unspecified atom stereocenters. The Kier molecular flexibility index (Phi) is 6.78. The highest BCUT2D eigenvalue weighted by Crippen LogP contribution is 2.44. The molecule has 240 valence electrons. The van der Waals surface area contributed by atoms with Crippen LogP contribution in [0.3, 0.4) is 0 Å². The van der Waals surface area contributed by atoms with E-state index in [0.29, 0.717) is 5.89 Å². The largest absolute Gasteiger partial charge is 0.454 e. The van der Waals surface area contributed by atoms with Crippen molar-refractivity contribution >= 4 is 60.9 Å². The lowest BCUT2D eigenvalue weighted by molar-refractivity contribution is 0.620. The molecule has 0 aliphatic rings. The Morgan fingerprint density at radius 2 is 1.00 bits per heavy atom. The second-order valence-electron chi connectivity index (χ2n) is 12.8. The molecule has 0 radical (unpaired) electrons. The summed E-state index contributed by atoms with van der Waals surface area (Å²) in [6.45, 7) is 0. The maximum atomic E-state index is 6.73. The Labute approximate surface area is 294 Å². The van der Waals surface area contributed by atoms with E-state index in [1.54, 1.807) is 0 Å². The maximum Gasteiger partial charge on any atom is 0.227 e. The van der Waals surface area contributed by atoms with E-state index in [-0.39, 0.29) is 0 Å². The zero-order valence-corrected chi connectivity index (χ0v) is 27.5. The van der Waals surface area contributed by atoms with Crippen LogP contribution in [0.25, 0.3) is 77.5 Å². The molecular weight excluding hydrogens is 625 g/mol. The summed E-state index contributed by atoms with van der Waals surface area (Å²) in [6.07, 6.45) is 0. The van der Waals surface area contributed by atoms with Gasteiger partial charge < -0.3 is 13.7 Å². The monoisotopic (exact) mass is 654 g/mol. The highest BCUT2D eigenvalue weighted by atomic mass is 16.4. The van der Waals surface area contributed by atoms with Crippen LogP contribution in [0, 0.1) is 0 Å². The van der Waals surface area contributed by atoms with Crippen molar-refractivity contribution in [1.82, 2.24) is 4.98 Å². The summed E-state index contributed by atoms with van der Waals surface area (Å²) in [5, 5.41) is 4.47. The molecule has 51 heavy (non-hydrogen) atoms. The molecule has 4 heteroatoms. The van der Waals surface area contributed by atoms with Crippen molar-refractivity contribution in [2.45, 2.75) is 0 Å². The van der Waals surface area contributed by atoms with E-state index in [9.17, 15) is 0 Å². The second kappa shape index (κ2) is 11.9. The number of benzene rings is 8. The Morgan fingerprint density at radius 1 is 0.392 bits per heavy atom. The molecule has 0 atom stereocenters. The Balaban J connectivity index is 1.10. The highest BCUT2D eigenvalue weighted by molar-refractivity contribution is 6.13. The molecule has 10 aromatic rings. The summed E-state index contributed by atoms with van der Waals surface area (Å²) in [5.41, 5.74) is 11.7. The van der Waals surface area contributed by atoms with Crippen LogP contribution in [-0.2, 0) is 0 Å². The Hall–Kier alpha value is -6.91. The second-order valence-corrected chi connectivity index (χ2v) is 12.8. The third-order valence-electron chi connectivity index (χ3n) is 9.69. The minimum Gasteiger partial charge on any atom is -0.454 e. The summed E-state index contributed by atoms with van der Waals surface area (Å²) in [7, 11) is 0. The fourth-order valence-corrected chi connectivity index (χ4v) is 7.12. The van der Waals surface area contributed by atoms with Crippen molar-refractivity contribution in [3.63, 3.8) is 0 Å². The summed E-state index contributed by atoms with van der Waals surface area (Å²) in [5.74, 6) is 0.598. The van der Waals surface area contributed by atoms with Crippen LogP contribution in [0.15, 0.2) is 191 Å². The number of oxazole rings is 1. The van der Waals surface area contributed by atoms with Crippen LogP contribution in [0.1, 0.15) is 0 Å². The number of nitrogens with zero attached hydrogens (tertiary/aromatic N) is 2. The molecule has 4 nitrogen and oxygen atoms in total. The van der Waals surface area contributed by atoms with E-state index in [0.717, 1.165) is 66.8 Å². The van der Waals surface area contributed by atoms with Gasteiger partial charge in [0.1, 0.15) is 11.1 Å². The first-order chi connectivity index (χ1) is 25.2. The van der Waals surface area contributed by atoms with Crippen molar-refractivity contribution in [2.75, 3.05) is 4.90 Å². The average Bonchev–Trinajstić information content (AvgIpc) is 3.79. The molecule has 10 rings (SSSR count). The van der Waals surface area contributed by atoms with Crippen LogP contribution < -0.4 is 4.90 Å². The van der Waals surface area contributed by atoms with E-state index >= 15 is 0 Å². The van der Waals surface area contributed by atoms with Gasteiger partial charge >= 0.3 is 0 Å². The van der Waals surface area contributed by atoms with E-state index < -0.39 is 0 Å². The fourth-order valence-electron chi connectivity index (χ4n) is 7.12. The average molecular weight is 655 g/mol. The van der Waals surface area contributed by atoms with Crippen molar-refractivity contribution < 1.29 is 8.83 Å². The summed E-state index contributed by atoms with van der Waals surface area (Å²) in [6, 6.07) is 63.5. The quantitative estimate of drug-likeness (QED) is 0.179. The van der Waals surface area contributed by atoms with Gasteiger partial charge in [0.2, 0.25) is 5.89 Å². The first kappa shape index (κ1) is 29.0. The van der Waals surface area contributed by atoms with Crippen LogP contribution >= 0.6 is 0 Å². The highest BCUT2D eigenvalue weighted by Gasteiger charge is 2.21. The molecular formula is C47H30N2O2. The van der Waals surface area contributed by atoms with E-state index in [1.807, 2.05) is 42.5 Å². The van der Waals surface area contributed by atoms with Gasteiger partial charge in [-0.1, -0.05) is 121 Å². The topological polar surface area (TPSA) is 42.4 Å². The van der Waals surface area contributed by atoms with Gasteiger partial charge in [-0.15, -0.1) is 0 Å². The molecule has 2 aromatic heterocycles. The molecule has 0 aliphatic carbocycles. The zero-order chi connectivity index (χ0) is 33.7. The zero-order valence-electron chi connectivity index (χ0n) is 27.5. The van der Waals surface area contributed by atoms with Crippen LogP contribution in [0.2, 0.25) is 0 Å². The summed E-state index contributed by atoms with van der Waals surface area (Å²) < 4.78 is 13.0. The van der Waals surface area contributed by atoms with Gasteiger partial charge in [0.15, 0.2) is 11.2 Å². The number of para-hydroxylation sites is 1. The number of hydrogen-bond acceptors (Lipinski definition) is 4. The normalized spacial score (nSPS) is 11.5. The van der Waals surface area contributed by atoms with Gasteiger partial charge in [-0.05, 0) is 87.6 Å². The van der Waals surface area contributed by atoms with Crippen molar-refractivity contribution in [2.24, 2.45) is 0 Å². The van der Waals surface area contributed by atoms with Crippen molar-refractivity contribution in [3.05, 3.63) is 182 Å². The summed E-state index contributed by atoms with van der Waals surface area (Å²) in [4.78, 5) is 7.08. The molecule has 0 saturated carbocycles. The predicted molar refractivity (Wildman–Crippen MR) is 210 cm³/mol. The lowest BCUT2D eigenvalue weighted by Crippen LogP contribution is -2.10. The first-order valence-corrected chi connectivity index (χ1v) is 17.1. The van der Waals surface area contributed by atoms with Gasteiger partial charge in [0.25, 0.3) is 0 Å². The maximum absolute atomic E-state index is 6.73. The lowest BCUT2D eigenvalue weighted by Gasteiger charge is -2.26. The number of fused-ring (bicyclic) bond motifs is 5. The summed E-state index contributed by atoms with van der Waals surface area (Å²) >= 11 is 0. The minimum atomic E-state index is 0.598. The predicted octanol–water partition coefficient (Wildman–Crippen LogP) is 13.4. The molecule has 2 heterocycles. The SMILES string of the molecule is c1ccc(-c2ccc(N(c3ccc(-c4ccc5ccccc5c4)cc3)c3cccc4c3oc3cc5nc(-c6ccccc6)oc5cc34)cc2)cc1. The fraction of sp³-hybridized carbons (Fsp3) is 0. The number of rotatable bonds is 6. The smallest absolute Gasteiger partial charge is 0.227 e. The van der Waals surface area contributed by atoms with Gasteiger partial charge in [-0.2, -0.15) is 0 Å². The third kappa shape index (κ3) is 5.13. The molecule has 0 fully saturated rings.